The molecule has 7 aromatic carbocycles. The van der Waals surface area contributed by atoms with Crippen molar-refractivity contribution in [1.29, 1.82) is 0 Å². The fourth-order valence-corrected chi connectivity index (χ4v) is 7.27. The van der Waals surface area contributed by atoms with Gasteiger partial charge in [0.2, 0.25) is 0 Å². The van der Waals surface area contributed by atoms with Crippen LogP contribution in [0.2, 0.25) is 0 Å². The van der Waals surface area contributed by atoms with E-state index < -0.39 is 0 Å². The number of hydrogen-bond acceptors (Lipinski definition) is 3. The summed E-state index contributed by atoms with van der Waals surface area (Å²) in [6.45, 7) is 0. The highest BCUT2D eigenvalue weighted by atomic mass is 16.3. The van der Waals surface area contributed by atoms with Crippen LogP contribution in [0, 0.1) is 0 Å². The number of fused-ring (bicyclic) bond motifs is 21. The summed E-state index contributed by atoms with van der Waals surface area (Å²) in [6.07, 6.45) is 11.4. The quantitative estimate of drug-likeness (QED) is 0.195. The normalized spacial score (nSPS) is 12.6. The molecule has 0 fully saturated rings. The summed E-state index contributed by atoms with van der Waals surface area (Å²) in [6, 6.07) is 26.1. The SMILES string of the molecule is c1ccc2c(c1)c1cocc1c1c2c2c3cocc3c3ccccc3c2c2c3cocc3c3ccccc3c12. The maximum atomic E-state index is 5.93. The lowest BCUT2D eigenvalue weighted by Gasteiger charge is -2.19. The molecule has 3 nitrogen and oxygen atoms in total. The number of benzene rings is 7. The zero-order valence-electron chi connectivity index (χ0n) is 20.6. The van der Waals surface area contributed by atoms with Crippen molar-refractivity contribution in [2.24, 2.45) is 0 Å². The Balaban J connectivity index is 1.77. The van der Waals surface area contributed by atoms with Gasteiger partial charge in [0, 0.05) is 48.5 Å². The molecule has 10 aromatic rings. The molecule has 0 unspecified atom stereocenters. The van der Waals surface area contributed by atoms with Crippen LogP contribution in [0.3, 0.4) is 0 Å². The molecule has 0 atom stereocenters. The first-order chi connectivity index (χ1) is 19.4. The molecular formula is C36H18O3. The van der Waals surface area contributed by atoms with Gasteiger partial charge < -0.3 is 13.3 Å². The van der Waals surface area contributed by atoms with Gasteiger partial charge in [-0.1, -0.05) is 72.8 Å². The minimum absolute atomic E-state index is 1.12. The first-order valence-corrected chi connectivity index (χ1v) is 13.1. The van der Waals surface area contributed by atoms with Crippen LogP contribution in [0.1, 0.15) is 0 Å². The van der Waals surface area contributed by atoms with Gasteiger partial charge in [0.25, 0.3) is 0 Å². The lowest BCUT2D eigenvalue weighted by molar-refractivity contribution is 0.572. The van der Waals surface area contributed by atoms with Crippen molar-refractivity contribution in [3.8, 4) is 0 Å². The Morgan fingerprint density at radius 3 is 0.769 bits per heavy atom. The first-order valence-electron chi connectivity index (χ1n) is 13.1. The van der Waals surface area contributed by atoms with Gasteiger partial charge in [-0.3, -0.25) is 0 Å². The summed E-state index contributed by atoms with van der Waals surface area (Å²) < 4.78 is 17.8. The molecule has 10 rings (SSSR count). The molecular weight excluding hydrogens is 480 g/mol. The lowest BCUT2D eigenvalue weighted by Crippen LogP contribution is -1.91. The van der Waals surface area contributed by atoms with E-state index in [9.17, 15) is 0 Å². The molecule has 3 heteroatoms. The molecule has 0 amide bonds. The fraction of sp³-hybridized carbons (Fsp3) is 0. The fourth-order valence-electron chi connectivity index (χ4n) is 7.27. The highest BCUT2D eigenvalue weighted by molar-refractivity contribution is 6.51. The van der Waals surface area contributed by atoms with Gasteiger partial charge in [-0.25, -0.2) is 0 Å². The largest absolute Gasteiger partial charge is 0.471 e. The Bertz CT molecular complexity index is 2340. The smallest absolute Gasteiger partial charge is 0.0988 e. The highest BCUT2D eigenvalue weighted by Gasteiger charge is 2.24. The topological polar surface area (TPSA) is 39.4 Å². The Morgan fingerprint density at radius 2 is 0.462 bits per heavy atom. The molecule has 0 aliphatic heterocycles. The first kappa shape index (κ1) is 19.8. The number of hydrogen-bond donors (Lipinski definition) is 0. The van der Waals surface area contributed by atoms with E-state index in [-0.39, 0.29) is 0 Å². The average Bonchev–Trinajstić information content (AvgIpc) is 3.77. The maximum Gasteiger partial charge on any atom is 0.0988 e. The van der Waals surface area contributed by atoms with Gasteiger partial charge in [0.05, 0.1) is 37.6 Å². The zero-order valence-corrected chi connectivity index (χ0v) is 20.6. The third-order valence-electron chi connectivity index (χ3n) is 8.75. The van der Waals surface area contributed by atoms with Gasteiger partial charge in [-0.2, -0.15) is 0 Å². The van der Waals surface area contributed by atoms with E-state index in [4.69, 9.17) is 13.3 Å². The lowest BCUT2D eigenvalue weighted by atomic mass is 9.82. The van der Waals surface area contributed by atoms with Crippen LogP contribution in [-0.2, 0) is 0 Å². The molecule has 0 saturated carbocycles. The number of rotatable bonds is 0. The molecule has 0 N–H and O–H groups in total. The van der Waals surface area contributed by atoms with E-state index in [0.717, 1.165) is 32.3 Å². The molecule has 180 valence electrons. The van der Waals surface area contributed by atoms with Crippen LogP contribution in [0.15, 0.2) is 124 Å². The van der Waals surface area contributed by atoms with Crippen LogP contribution in [0.25, 0.3) is 97.0 Å². The van der Waals surface area contributed by atoms with Crippen molar-refractivity contribution in [1.82, 2.24) is 0 Å². The van der Waals surface area contributed by atoms with Gasteiger partial charge in [-0.05, 0) is 48.5 Å². The van der Waals surface area contributed by atoms with Crippen molar-refractivity contribution in [2.75, 3.05) is 0 Å². The molecule has 0 aliphatic rings. The Morgan fingerprint density at radius 1 is 0.231 bits per heavy atom. The minimum Gasteiger partial charge on any atom is -0.471 e. The van der Waals surface area contributed by atoms with E-state index in [1.165, 1.54) is 64.6 Å². The van der Waals surface area contributed by atoms with Crippen LogP contribution in [-0.4, -0.2) is 0 Å². The number of furan rings is 3. The molecule has 0 bridgehead atoms. The second-order valence-electron chi connectivity index (χ2n) is 10.5. The molecule has 0 saturated heterocycles. The van der Waals surface area contributed by atoms with Crippen molar-refractivity contribution >= 4 is 97.0 Å². The van der Waals surface area contributed by atoms with Gasteiger partial charge in [0.15, 0.2) is 0 Å². The second-order valence-corrected chi connectivity index (χ2v) is 10.5. The molecule has 0 spiro atoms. The zero-order chi connectivity index (χ0) is 25.2. The molecule has 39 heavy (non-hydrogen) atoms. The summed E-state index contributed by atoms with van der Waals surface area (Å²) in [5, 5.41) is 21.2. The maximum absolute atomic E-state index is 5.93. The molecule has 0 aliphatic carbocycles. The Labute approximate surface area is 220 Å². The molecule has 3 aromatic heterocycles. The van der Waals surface area contributed by atoms with Crippen LogP contribution < -0.4 is 0 Å². The third-order valence-corrected chi connectivity index (χ3v) is 8.75. The second kappa shape index (κ2) is 6.77. The van der Waals surface area contributed by atoms with Crippen molar-refractivity contribution in [3.63, 3.8) is 0 Å². The summed E-state index contributed by atoms with van der Waals surface area (Å²) in [7, 11) is 0. The van der Waals surface area contributed by atoms with Crippen LogP contribution in [0.5, 0.6) is 0 Å². The third kappa shape index (κ3) is 2.23. The van der Waals surface area contributed by atoms with Crippen LogP contribution in [0.4, 0.5) is 0 Å². The van der Waals surface area contributed by atoms with Gasteiger partial charge >= 0.3 is 0 Å². The van der Waals surface area contributed by atoms with E-state index in [1.807, 2.05) is 37.6 Å². The predicted molar refractivity (Wildman–Crippen MR) is 161 cm³/mol. The summed E-state index contributed by atoms with van der Waals surface area (Å²) in [5.74, 6) is 0. The van der Waals surface area contributed by atoms with Gasteiger partial charge in [0.1, 0.15) is 0 Å². The van der Waals surface area contributed by atoms with Crippen molar-refractivity contribution in [2.45, 2.75) is 0 Å². The molecule has 0 radical (unpaired) electrons. The van der Waals surface area contributed by atoms with Gasteiger partial charge in [-0.15, -0.1) is 0 Å². The van der Waals surface area contributed by atoms with Crippen molar-refractivity contribution in [3.05, 3.63) is 110 Å². The highest BCUT2D eigenvalue weighted by Crippen LogP contribution is 2.52. The summed E-state index contributed by atoms with van der Waals surface area (Å²) in [5.41, 5.74) is 0. The van der Waals surface area contributed by atoms with Crippen molar-refractivity contribution < 1.29 is 13.3 Å². The standard InChI is InChI=1S/C36H18O3/c1-4-10-22-19(7-1)25-13-37-16-28(25)34-31(22)35-29-17-38-14-26(29)21-9-3-6-12-24(21)33(35)36-30-18-39-15-27(30)20-8-2-5-11-23(20)32(34)36/h1-18H. The predicted octanol–water partition coefficient (Wildman–Crippen LogP) is 10.8. The summed E-state index contributed by atoms with van der Waals surface area (Å²) >= 11 is 0. The van der Waals surface area contributed by atoms with Crippen LogP contribution >= 0.6 is 0 Å². The van der Waals surface area contributed by atoms with E-state index in [0.29, 0.717) is 0 Å². The Kier molecular flexibility index (Phi) is 3.44. The Hall–Kier alpha value is -5.28. The van der Waals surface area contributed by atoms with E-state index in [2.05, 4.69) is 72.8 Å². The summed E-state index contributed by atoms with van der Waals surface area (Å²) in [4.78, 5) is 0. The molecule has 3 heterocycles. The van der Waals surface area contributed by atoms with E-state index in [1.54, 1.807) is 0 Å². The monoisotopic (exact) mass is 498 g/mol. The van der Waals surface area contributed by atoms with E-state index >= 15 is 0 Å². The minimum atomic E-state index is 1.12. The average molecular weight is 499 g/mol.